The summed E-state index contributed by atoms with van der Waals surface area (Å²) in [6.07, 6.45) is 0.551. The standard InChI is InChI=1S/C6H13NO2.Au/c1-4(2)3-5(7)6(8)9;/h4-5H,3,7H2,1-2H3,(H,8,9);/t5-;/m0./s1. The average Bonchev–Trinajstić information content (AvgIpc) is 1.63. The van der Waals surface area contributed by atoms with Gasteiger partial charge in [-0.2, -0.15) is 0 Å². The van der Waals surface area contributed by atoms with Crippen molar-refractivity contribution in [3.8, 4) is 0 Å². The Morgan fingerprint density at radius 1 is 1.60 bits per heavy atom. The smallest absolute Gasteiger partial charge is 0.320 e. The van der Waals surface area contributed by atoms with Gasteiger partial charge in [0.25, 0.3) is 0 Å². The van der Waals surface area contributed by atoms with Crippen LogP contribution in [-0.2, 0) is 27.2 Å². The second-order valence-corrected chi connectivity index (χ2v) is 2.57. The minimum atomic E-state index is -0.913. The Bertz CT molecular complexity index is 106. The molecule has 1 radical (unpaired) electrons. The first-order chi connectivity index (χ1) is 4.04. The van der Waals surface area contributed by atoms with Gasteiger partial charge >= 0.3 is 5.97 Å². The molecule has 4 heteroatoms. The quantitative estimate of drug-likeness (QED) is 0.739. The molecule has 0 fully saturated rings. The summed E-state index contributed by atoms with van der Waals surface area (Å²) in [4.78, 5) is 10.1. The van der Waals surface area contributed by atoms with E-state index in [0.717, 1.165) is 0 Å². The maximum Gasteiger partial charge on any atom is 0.320 e. The van der Waals surface area contributed by atoms with Crippen LogP contribution in [0.1, 0.15) is 20.3 Å². The Labute approximate surface area is 76.5 Å². The number of nitrogens with two attached hydrogens (primary N) is 1. The van der Waals surface area contributed by atoms with Crippen molar-refractivity contribution in [1.29, 1.82) is 0 Å². The summed E-state index contributed by atoms with van der Waals surface area (Å²) < 4.78 is 0. The number of rotatable bonds is 3. The van der Waals surface area contributed by atoms with E-state index in [2.05, 4.69) is 0 Å². The molecule has 0 aromatic heterocycles. The van der Waals surface area contributed by atoms with Crippen LogP contribution in [0.2, 0.25) is 0 Å². The van der Waals surface area contributed by atoms with Gasteiger partial charge in [-0.05, 0) is 12.3 Å². The second-order valence-electron chi connectivity index (χ2n) is 2.57. The molecule has 0 unspecified atom stereocenters. The molecule has 0 saturated heterocycles. The molecule has 0 aliphatic rings. The van der Waals surface area contributed by atoms with E-state index in [4.69, 9.17) is 10.8 Å². The van der Waals surface area contributed by atoms with E-state index >= 15 is 0 Å². The number of aliphatic carboxylic acids is 1. The molecule has 3 N–H and O–H groups in total. The fraction of sp³-hybridized carbons (Fsp3) is 0.833. The zero-order chi connectivity index (χ0) is 7.44. The van der Waals surface area contributed by atoms with Crippen LogP contribution in [0.15, 0.2) is 0 Å². The van der Waals surface area contributed by atoms with Crippen molar-refractivity contribution >= 4 is 5.97 Å². The van der Waals surface area contributed by atoms with E-state index < -0.39 is 12.0 Å². The Kier molecular flexibility index (Phi) is 7.58. The zero-order valence-corrected chi connectivity index (χ0v) is 8.26. The first-order valence-corrected chi connectivity index (χ1v) is 3.02. The van der Waals surface area contributed by atoms with E-state index in [1.54, 1.807) is 0 Å². The van der Waals surface area contributed by atoms with Crippen LogP contribution < -0.4 is 5.73 Å². The predicted molar refractivity (Wildman–Crippen MR) is 35.1 cm³/mol. The van der Waals surface area contributed by atoms with Crippen LogP contribution in [-0.4, -0.2) is 17.1 Å². The van der Waals surface area contributed by atoms with Crippen LogP contribution in [0.3, 0.4) is 0 Å². The summed E-state index contributed by atoms with van der Waals surface area (Å²) in [5.41, 5.74) is 5.22. The SMILES string of the molecule is CC(C)C[C@H](N)C(=O)O.[Au]. The topological polar surface area (TPSA) is 63.3 Å². The largest absolute Gasteiger partial charge is 0.480 e. The van der Waals surface area contributed by atoms with Crippen molar-refractivity contribution in [3.05, 3.63) is 0 Å². The number of carbonyl (C=O) groups is 1. The summed E-state index contributed by atoms with van der Waals surface area (Å²) in [6, 6.07) is -0.690. The third-order valence-corrected chi connectivity index (χ3v) is 1.04. The molecule has 0 saturated carbocycles. The Hall–Kier alpha value is 0.170. The second kappa shape index (κ2) is 5.92. The third-order valence-electron chi connectivity index (χ3n) is 1.04. The van der Waals surface area contributed by atoms with Crippen molar-refractivity contribution in [1.82, 2.24) is 0 Å². The number of hydrogen-bond donors (Lipinski definition) is 2. The molecular formula is C6H13AuNO2. The summed E-state index contributed by atoms with van der Waals surface area (Å²) in [6.45, 7) is 3.89. The maximum atomic E-state index is 10.1. The van der Waals surface area contributed by atoms with Gasteiger partial charge in [0, 0.05) is 22.4 Å². The summed E-state index contributed by atoms with van der Waals surface area (Å²) in [7, 11) is 0. The number of hydrogen-bond acceptors (Lipinski definition) is 2. The van der Waals surface area contributed by atoms with Crippen LogP contribution in [0.4, 0.5) is 0 Å². The van der Waals surface area contributed by atoms with Gasteiger partial charge in [0.2, 0.25) is 0 Å². The molecule has 0 heterocycles. The van der Waals surface area contributed by atoms with Crippen molar-refractivity contribution in [2.75, 3.05) is 0 Å². The molecule has 0 aliphatic heterocycles. The number of carboxylic acid groups (broad SMARTS) is 1. The van der Waals surface area contributed by atoms with Crippen LogP contribution >= 0.6 is 0 Å². The van der Waals surface area contributed by atoms with Gasteiger partial charge in [-0.25, -0.2) is 0 Å². The van der Waals surface area contributed by atoms with Gasteiger partial charge in [-0.1, -0.05) is 13.8 Å². The molecule has 0 amide bonds. The van der Waals surface area contributed by atoms with Crippen LogP contribution in [0.5, 0.6) is 0 Å². The fourth-order valence-electron chi connectivity index (χ4n) is 0.609. The molecule has 10 heavy (non-hydrogen) atoms. The minimum Gasteiger partial charge on any atom is -0.480 e. The van der Waals surface area contributed by atoms with Crippen molar-refractivity contribution in [2.45, 2.75) is 26.3 Å². The molecule has 65 valence electrons. The predicted octanol–water partition coefficient (Wildman–Crippen LogP) is 0.442. The van der Waals surface area contributed by atoms with E-state index in [0.29, 0.717) is 12.3 Å². The van der Waals surface area contributed by atoms with Crippen LogP contribution in [0, 0.1) is 5.92 Å². The molecule has 0 aliphatic carbocycles. The number of carboxylic acids is 1. The first-order valence-electron chi connectivity index (χ1n) is 3.02. The monoisotopic (exact) mass is 328 g/mol. The summed E-state index contributed by atoms with van der Waals surface area (Å²) in [5.74, 6) is -0.556. The average molecular weight is 328 g/mol. The Balaban J connectivity index is 0. The van der Waals surface area contributed by atoms with Crippen molar-refractivity contribution in [2.24, 2.45) is 11.7 Å². The zero-order valence-electron chi connectivity index (χ0n) is 6.10. The van der Waals surface area contributed by atoms with Gasteiger partial charge < -0.3 is 10.8 Å². The van der Waals surface area contributed by atoms with E-state index in [1.165, 1.54) is 0 Å². The van der Waals surface area contributed by atoms with Gasteiger partial charge in [-0.15, -0.1) is 0 Å². The van der Waals surface area contributed by atoms with E-state index in [9.17, 15) is 4.79 Å². The molecule has 3 nitrogen and oxygen atoms in total. The molecule has 0 spiro atoms. The van der Waals surface area contributed by atoms with Crippen molar-refractivity contribution in [3.63, 3.8) is 0 Å². The Morgan fingerprint density at radius 3 is 2.10 bits per heavy atom. The summed E-state index contributed by atoms with van der Waals surface area (Å²) >= 11 is 0. The maximum absolute atomic E-state index is 10.1. The van der Waals surface area contributed by atoms with Gasteiger partial charge in [0.1, 0.15) is 6.04 Å². The molecule has 0 aromatic carbocycles. The molecular weight excluding hydrogens is 315 g/mol. The van der Waals surface area contributed by atoms with E-state index in [1.807, 2.05) is 13.8 Å². The van der Waals surface area contributed by atoms with Gasteiger partial charge in [0.05, 0.1) is 0 Å². The summed E-state index contributed by atoms with van der Waals surface area (Å²) in [5, 5.41) is 8.31. The van der Waals surface area contributed by atoms with Crippen molar-refractivity contribution < 1.29 is 32.3 Å². The molecule has 1 atom stereocenters. The fourth-order valence-corrected chi connectivity index (χ4v) is 0.609. The molecule has 0 bridgehead atoms. The Morgan fingerprint density at radius 2 is 2.00 bits per heavy atom. The normalized spacial score (nSPS) is 12.4. The van der Waals surface area contributed by atoms with Crippen LogP contribution in [0.25, 0.3) is 0 Å². The van der Waals surface area contributed by atoms with Gasteiger partial charge in [-0.3, -0.25) is 4.79 Å². The first kappa shape index (κ1) is 12.8. The molecule has 0 aromatic rings. The van der Waals surface area contributed by atoms with Gasteiger partial charge in [0.15, 0.2) is 0 Å². The van der Waals surface area contributed by atoms with E-state index in [-0.39, 0.29) is 22.4 Å². The third kappa shape index (κ3) is 6.29. The molecule has 0 rings (SSSR count). The minimum absolute atomic E-state index is 0.